The highest BCUT2D eigenvalue weighted by Gasteiger charge is 2.30. The minimum atomic E-state index is -3.60. The summed E-state index contributed by atoms with van der Waals surface area (Å²) in [6.07, 6.45) is 2.43. The van der Waals surface area contributed by atoms with Crippen molar-refractivity contribution >= 4 is 15.7 Å². The molecule has 2 heterocycles. The van der Waals surface area contributed by atoms with E-state index in [1.165, 1.54) is 28.6 Å². The van der Waals surface area contributed by atoms with Crippen LogP contribution in [0.25, 0.3) is 0 Å². The minimum absolute atomic E-state index is 0.0978. The van der Waals surface area contributed by atoms with Crippen molar-refractivity contribution in [3.8, 4) is 0 Å². The average Bonchev–Trinajstić information content (AvgIpc) is 3.08. The Morgan fingerprint density at radius 2 is 1.83 bits per heavy atom. The van der Waals surface area contributed by atoms with E-state index >= 15 is 0 Å². The molecule has 2 aliphatic heterocycles. The Labute approximate surface area is 141 Å². The molecule has 0 spiro atoms. The van der Waals surface area contributed by atoms with E-state index in [-0.39, 0.29) is 16.7 Å². The Morgan fingerprint density at radius 3 is 2.38 bits per heavy atom. The maximum atomic E-state index is 12.6. The molecule has 2 saturated heterocycles. The van der Waals surface area contributed by atoms with Gasteiger partial charge in [0.15, 0.2) is 0 Å². The normalized spacial score (nSPS) is 23.4. The second-order valence-corrected chi connectivity index (χ2v) is 8.03. The smallest absolute Gasteiger partial charge is 0.269 e. The van der Waals surface area contributed by atoms with Gasteiger partial charge in [-0.15, -0.1) is 0 Å². The molecule has 132 valence electrons. The van der Waals surface area contributed by atoms with E-state index in [9.17, 15) is 18.5 Å². The second-order valence-electron chi connectivity index (χ2n) is 6.09. The van der Waals surface area contributed by atoms with Crippen molar-refractivity contribution < 1.29 is 18.1 Å². The highest BCUT2D eigenvalue weighted by atomic mass is 32.2. The van der Waals surface area contributed by atoms with E-state index in [0.29, 0.717) is 26.2 Å². The van der Waals surface area contributed by atoms with Crippen molar-refractivity contribution in [2.75, 3.05) is 39.3 Å². The van der Waals surface area contributed by atoms with Gasteiger partial charge in [0.1, 0.15) is 0 Å². The third-order valence-electron chi connectivity index (χ3n) is 4.50. The summed E-state index contributed by atoms with van der Waals surface area (Å²) in [5.74, 6) is 0. The maximum absolute atomic E-state index is 12.6. The number of sulfonamides is 1. The van der Waals surface area contributed by atoms with Gasteiger partial charge in [0.2, 0.25) is 10.0 Å². The molecule has 0 bridgehead atoms. The first-order valence-electron chi connectivity index (χ1n) is 8.05. The van der Waals surface area contributed by atoms with Crippen LogP contribution in [0.1, 0.15) is 12.8 Å². The van der Waals surface area contributed by atoms with E-state index in [0.717, 1.165) is 26.0 Å². The van der Waals surface area contributed by atoms with Crippen LogP contribution >= 0.6 is 0 Å². The molecule has 1 aromatic rings. The Hall–Kier alpha value is -1.55. The first kappa shape index (κ1) is 17.3. The topological polar surface area (TPSA) is 93.0 Å². The molecule has 1 aromatic carbocycles. The van der Waals surface area contributed by atoms with Gasteiger partial charge in [-0.1, -0.05) is 0 Å². The quantitative estimate of drug-likeness (QED) is 0.580. The first-order valence-corrected chi connectivity index (χ1v) is 9.49. The molecule has 0 aliphatic carbocycles. The van der Waals surface area contributed by atoms with Crippen LogP contribution in [-0.2, 0) is 14.8 Å². The monoisotopic (exact) mass is 355 g/mol. The summed E-state index contributed by atoms with van der Waals surface area (Å²) in [7, 11) is -3.60. The van der Waals surface area contributed by atoms with Crippen molar-refractivity contribution in [1.82, 2.24) is 9.21 Å². The molecule has 1 atom stereocenters. The van der Waals surface area contributed by atoms with Gasteiger partial charge >= 0.3 is 0 Å². The molecule has 0 unspecified atom stereocenters. The average molecular weight is 355 g/mol. The second kappa shape index (κ2) is 7.14. The number of rotatable bonds is 5. The largest absolute Gasteiger partial charge is 0.377 e. The lowest BCUT2D eigenvalue weighted by Crippen LogP contribution is -2.50. The van der Waals surface area contributed by atoms with Gasteiger partial charge in [-0.3, -0.25) is 15.0 Å². The minimum Gasteiger partial charge on any atom is -0.377 e. The van der Waals surface area contributed by atoms with E-state index < -0.39 is 14.9 Å². The molecular weight excluding hydrogens is 334 g/mol. The number of nitro benzene ring substituents is 1. The maximum Gasteiger partial charge on any atom is 0.269 e. The summed E-state index contributed by atoms with van der Waals surface area (Å²) < 4.78 is 32.3. The number of piperazine rings is 1. The molecule has 2 fully saturated rings. The predicted octanol–water partition coefficient (Wildman–Crippen LogP) is 1.08. The summed E-state index contributed by atoms with van der Waals surface area (Å²) in [6, 6.07) is 5.04. The Kier molecular flexibility index (Phi) is 5.14. The molecule has 24 heavy (non-hydrogen) atoms. The van der Waals surface area contributed by atoms with Gasteiger partial charge < -0.3 is 4.74 Å². The van der Waals surface area contributed by atoms with Crippen LogP contribution in [0.4, 0.5) is 5.69 Å². The number of nitro groups is 1. The number of ether oxygens (including phenoxy) is 1. The zero-order chi connectivity index (χ0) is 17.2. The van der Waals surface area contributed by atoms with Crippen molar-refractivity contribution in [1.29, 1.82) is 0 Å². The van der Waals surface area contributed by atoms with Gasteiger partial charge in [0.25, 0.3) is 5.69 Å². The van der Waals surface area contributed by atoms with Crippen molar-refractivity contribution in [2.45, 2.75) is 23.8 Å². The van der Waals surface area contributed by atoms with E-state index in [1.54, 1.807) is 0 Å². The van der Waals surface area contributed by atoms with Crippen molar-refractivity contribution in [2.24, 2.45) is 0 Å². The highest BCUT2D eigenvalue weighted by Crippen LogP contribution is 2.21. The number of benzene rings is 1. The summed E-state index contributed by atoms with van der Waals surface area (Å²) in [4.78, 5) is 12.5. The summed E-state index contributed by atoms with van der Waals surface area (Å²) >= 11 is 0. The SMILES string of the molecule is O=[N+]([O-])c1ccc(S(=O)(=O)N2CCN(C[C@@H]3CCCO3)CC2)cc1. The molecule has 0 radical (unpaired) electrons. The lowest BCUT2D eigenvalue weighted by molar-refractivity contribution is -0.384. The molecular formula is C15H21N3O5S. The van der Waals surface area contributed by atoms with Gasteiger partial charge in [-0.05, 0) is 25.0 Å². The summed E-state index contributed by atoms with van der Waals surface area (Å²) in [6.45, 7) is 3.86. The van der Waals surface area contributed by atoms with Crippen LogP contribution in [0.15, 0.2) is 29.2 Å². The van der Waals surface area contributed by atoms with Gasteiger partial charge in [-0.2, -0.15) is 4.31 Å². The predicted molar refractivity (Wildman–Crippen MR) is 87.3 cm³/mol. The lowest BCUT2D eigenvalue weighted by atomic mass is 10.2. The van der Waals surface area contributed by atoms with Crippen LogP contribution in [0.5, 0.6) is 0 Å². The fourth-order valence-electron chi connectivity index (χ4n) is 3.12. The molecule has 3 rings (SSSR count). The lowest BCUT2D eigenvalue weighted by Gasteiger charge is -2.34. The molecule has 2 aliphatic rings. The molecule has 8 nitrogen and oxygen atoms in total. The highest BCUT2D eigenvalue weighted by molar-refractivity contribution is 7.89. The summed E-state index contributed by atoms with van der Waals surface area (Å²) in [5.41, 5.74) is -0.115. The van der Waals surface area contributed by atoms with Crippen LogP contribution in [-0.4, -0.2) is 68.0 Å². The van der Waals surface area contributed by atoms with Crippen LogP contribution in [0.2, 0.25) is 0 Å². The Bertz CT molecular complexity index is 678. The number of nitrogens with zero attached hydrogens (tertiary/aromatic N) is 3. The number of hydrogen-bond donors (Lipinski definition) is 0. The van der Waals surface area contributed by atoms with Gasteiger partial charge in [-0.25, -0.2) is 8.42 Å². The van der Waals surface area contributed by atoms with Crippen LogP contribution < -0.4 is 0 Å². The van der Waals surface area contributed by atoms with E-state index in [1.807, 2.05) is 0 Å². The Balaban J connectivity index is 1.60. The molecule has 0 saturated carbocycles. The third kappa shape index (κ3) is 3.75. The molecule has 9 heteroatoms. The summed E-state index contributed by atoms with van der Waals surface area (Å²) in [5, 5.41) is 10.7. The number of non-ortho nitro benzene ring substituents is 1. The third-order valence-corrected chi connectivity index (χ3v) is 6.42. The van der Waals surface area contributed by atoms with E-state index in [2.05, 4.69) is 4.90 Å². The Morgan fingerprint density at radius 1 is 1.17 bits per heavy atom. The van der Waals surface area contributed by atoms with E-state index in [4.69, 9.17) is 4.74 Å². The number of hydrogen-bond acceptors (Lipinski definition) is 6. The fourth-order valence-corrected chi connectivity index (χ4v) is 4.54. The van der Waals surface area contributed by atoms with Gasteiger partial charge in [0.05, 0.1) is 15.9 Å². The van der Waals surface area contributed by atoms with Gasteiger partial charge in [0, 0.05) is 51.5 Å². The van der Waals surface area contributed by atoms with Crippen LogP contribution in [0, 0.1) is 10.1 Å². The zero-order valence-corrected chi connectivity index (χ0v) is 14.2. The van der Waals surface area contributed by atoms with Crippen LogP contribution in [0.3, 0.4) is 0 Å². The molecule has 0 N–H and O–H groups in total. The molecule has 0 aromatic heterocycles. The standard InChI is InChI=1S/C15H21N3O5S/c19-18(20)13-3-5-15(6-4-13)24(21,22)17-9-7-16(8-10-17)12-14-2-1-11-23-14/h3-6,14H,1-2,7-12H2/t14-/m0/s1. The van der Waals surface area contributed by atoms with Crippen molar-refractivity contribution in [3.05, 3.63) is 34.4 Å². The fraction of sp³-hybridized carbons (Fsp3) is 0.600. The zero-order valence-electron chi connectivity index (χ0n) is 13.3. The molecule has 0 amide bonds. The van der Waals surface area contributed by atoms with Crippen molar-refractivity contribution in [3.63, 3.8) is 0 Å². The first-order chi connectivity index (χ1) is 11.5.